The Balaban J connectivity index is 3.12. The molecule has 0 aliphatic rings. The van der Waals surface area contributed by atoms with Crippen LogP contribution >= 0.6 is 22.6 Å². The maximum atomic E-state index is 4.61. The van der Waals surface area contributed by atoms with Crippen LogP contribution in [0.4, 0.5) is 5.82 Å². The lowest BCUT2D eigenvalue weighted by Crippen LogP contribution is -2.19. The fourth-order valence-electron chi connectivity index (χ4n) is 1.26. The number of nitrogens with one attached hydrogen (secondary N) is 1. The van der Waals surface area contributed by atoms with E-state index >= 15 is 0 Å². The molecule has 0 radical (unpaired) electrons. The van der Waals surface area contributed by atoms with Crippen LogP contribution in [0.2, 0.25) is 0 Å². The molecule has 0 saturated heterocycles. The van der Waals surface area contributed by atoms with Gasteiger partial charge in [-0.1, -0.05) is 27.7 Å². The first-order chi connectivity index (χ1) is 7.36. The summed E-state index contributed by atoms with van der Waals surface area (Å²) in [7, 11) is 0. The number of halogens is 1. The molecule has 1 aromatic heterocycles. The summed E-state index contributed by atoms with van der Waals surface area (Å²) in [4.78, 5) is 9.17. The first-order valence-corrected chi connectivity index (χ1v) is 6.72. The van der Waals surface area contributed by atoms with E-state index in [1.807, 2.05) is 6.92 Å². The fourth-order valence-corrected chi connectivity index (χ4v) is 1.69. The van der Waals surface area contributed by atoms with E-state index in [1.165, 1.54) is 0 Å². The SMILES string of the molecule is CCCNc1nc(C(C)(C)C)nc(C)c1I. The van der Waals surface area contributed by atoms with Crippen LogP contribution < -0.4 is 5.32 Å². The van der Waals surface area contributed by atoms with E-state index in [0.717, 1.165) is 33.9 Å². The van der Waals surface area contributed by atoms with Crippen molar-refractivity contribution in [3.05, 3.63) is 15.1 Å². The molecule has 0 saturated carbocycles. The van der Waals surface area contributed by atoms with Crippen LogP contribution in [0.15, 0.2) is 0 Å². The van der Waals surface area contributed by atoms with Crippen molar-refractivity contribution in [2.45, 2.75) is 46.5 Å². The van der Waals surface area contributed by atoms with Crippen molar-refractivity contribution in [1.82, 2.24) is 9.97 Å². The largest absolute Gasteiger partial charge is 0.369 e. The zero-order valence-electron chi connectivity index (χ0n) is 10.7. The summed E-state index contributed by atoms with van der Waals surface area (Å²) >= 11 is 2.30. The normalized spacial score (nSPS) is 11.6. The zero-order chi connectivity index (χ0) is 12.3. The Labute approximate surface area is 112 Å². The molecule has 1 rings (SSSR count). The number of aryl methyl sites for hydroxylation is 1. The minimum absolute atomic E-state index is 0.00224. The monoisotopic (exact) mass is 333 g/mol. The van der Waals surface area contributed by atoms with E-state index in [9.17, 15) is 0 Å². The van der Waals surface area contributed by atoms with Crippen molar-refractivity contribution in [3.63, 3.8) is 0 Å². The first-order valence-electron chi connectivity index (χ1n) is 5.64. The van der Waals surface area contributed by atoms with Crippen molar-refractivity contribution >= 4 is 28.4 Å². The van der Waals surface area contributed by atoms with Gasteiger partial charge in [-0.05, 0) is 35.9 Å². The van der Waals surface area contributed by atoms with Crippen LogP contribution in [0.3, 0.4) is 0 Å². The predicted octanol–water partition coefficient (Wildman–Crippen LogP) is 3.51. The summed E-state index contributed by atoms with van der Waals surface area (Å²) in [6.45, 7) is 11.6. The molecule has 1 N–H and O–H groups in total. The molecule has 1 heterocycles. The summed E-state index contributed by atoms with van der Waals surface area (Å²) in [5.74, 6) is 1.88. The molecule has 16 heavy (non-hydrogen) atoms. The molecule has 3 nitrogen and oxygen atoms in total. The molecular weight excluding hydrogens is 313 g/mol. The fraction of sp³-hybridized carbons (Fsp3) is 0.667. The number of hydrogen-bond donors (Lipinski definition) is 1. The van der Waals surface area contributed by atoms with Crippen LogP contribution in [-0.4, -0.2) is 16.5 Å². The highest BCUT2D eigenvalue weighted by molar-refractivity contribution is 14.1. The Kier molecular flexibility index (Phi) is 4.52. The van der Waals surface area contributed by atoms with Gasteiger partial charge in [-0.25, -0.2) is 9.97 Å². The van der Waals surface area contributed by atoms with Gasteiger partial charge in [-0.3, -0.25) is 0 Å². The molecule has 0 fully saturated rings. The predicted molar refractivity (Wildman–Crippen MR) is 77.0 cm³/mol. The van der Waals surface area contributed by atoms with E-state index in [1.54, 1.807) is 0 Å². The van der Waals surface area contributed by atoms with Crippen LogP contribution in [-0.2, 0) is 5.41 Å². The second-order valence-electron chi connectivity index (χ2n) is 4.97. The van der Waals surface area contributed by atoms with E-state index in [2.05, 4.69) is 65.6 Å². The molecule has 0 atom stereocenters. The Morgan fingerprint density at radius 1 is 1.25 bits per heavy atom. The van der Waals surface area contributed by atoms with Crippen molar-refractivity contribution in [1.29, 1.82) is 0 Å². The Morgan fingerprint density at radius 2 is 1.88 bits per heavy atom. The lowest BCUT2D eigenvalue weighted by atomic mass is 9.95. The third kappa shape index (κ3) is 3.30. The van der Waals surface area contributed by atoms with Gasteiger partial charge in [0.15, 0.2) is 0 Å². The smallest absolute Gasteiger partial charge is 0.143 e. The first kappa shape index (κ1) is 13.7. The van der Waals surface area contributed by atoms with Crippen molar-refractivity contribution < 1.29 is 0 Å². The summed E-state index contributed by atoms with van der Waals surface area (Å²) < 4.78 is 1.12. The minimum Gasteiger partial charge on any atom is -0.369 e. The maximum Gasteiger partial charge on any atom is 0.143 e. The topological polar surface area (TPSA) is 37.8 Å². The Morgan fingerprint density at radius 3 is 2.38 bits per heavy atom. The summed E-state index contributed by atoms with van der Waals surface area (Å²) in [5.41, 5.74) is 1.05. The summed E-state index contributed by atoms with van der Waals surface area (Å²) in [6, 6.07) is 0. The van der Waals surface area contributed by atoms with Gasteiger partial charge in [0, 0.05) is 12.0 Å². The molecule has 0 spiro atoms. The van der Waals surface area contributed by atoms with Gasteiger partial charge in [0.2, 0.25) is 0 Å². The van der Waals surface area contributed by atoms with Gasteiger partial charge >= 0.3 is 0 Å². The molecular formula is C12H20IN3. The van der Waals surface area contributed by atoms with Gasteiger partial charge in [0.05, 0.1) is 9.26 Å². The number of anilines is 1. The number of hydrogen-bond acceptors (Lipinski definition) is 3. The highest BCUT2D eigenvalue weighted by Crippen LogP contribution is 2.24. The molecule has 0 unspecified atom stereocenters. The molecule has 0 bridgehead atoms. The molecule has 90 valence electrons. The molecule has 1 aromatic rings. The summed E-state index contributed by atoms with van der Waals surface area (Å²) in [6.07, 6.45) is 1.10. The highest BCUT2D eigenvalue weighted by atomic mass is 127. The molecule has 4 heteroatoms. The lowest BCUT2D eigenvalue weighted by Gasteiger charge is -2.19. The average Bonchev–Trinajstić information content (AvgIpc) is 2.18. The zero-order valence-corrected chi connectivity index (χ0v) is 12.8. The van der Waals surface area contributed by atoms with Gasteiger partial charge in [0.25, 0.3) is 0 Å². The molecule has 0 aliphatic heterocycles. The minimum atomic E-state index is -0.00224. The van der Waals surface area contributed by atoms with Crippen molar-refractivity contribution in [2.24, 2.45) is 0 Å². The van der Waals surface area contributed by atoms with E-state index in [-0.39, 0.29) is 5.41 Å². The summed E-state index contributed by atoms with van der Waals surface area (Å²) in [5, 5.41) is 3.36. The van der Waals surface area contributed by atoms with Crippen LogP contribution in [0.5, 0.6) is 0 Å². The number of nitrogens with zero attached hydrogens (tertiary/aromatic N) is 2. The van der Waals surface area contributed by atoms with E-state index < -0.39 is 0 Å². The quantitative estimate of drug-likeness (QED) is 0.861. The highest BCUT2D eigenvalue weighted by Gasteiger charge is 2.20. The van der Waals surface area contributed by atoms with E-state index in [0.29, 0.717) is 0 Å². The Hall–Kier alpha value is -0.390. The third-order valence-electron chi connectivity index (χ3n) is 2.23. The average molecular weight is 333 g/mol. The Bertz CT molecular complexity index is 369. The maximum absolute atomic E-state index is 4.61. The second-order valence-corrected chi connectivity index (χ2v) is 6.05. The van der Waals surface area contributed by atoms with Crippen LogP contribution in [0.1, 0.15) is 45.6 Å². The second kappa shape index (κ2) is 5.29. The van der Waals surface area contributed by atoms with Gasteiger partial charge < -0.3 is 5.32 Å². The standard InChI is InChI=1S/C12H20IN3/c1-6-7-14-10-9(13)8(2)15-11(16-10)12(3,4)5/h6-7H2,1-5H3,(H,14,15,16). The lowest BCUT2D eigenvalue weighted by molar-refractivity contribution is 0.543. The van der Waals surface area contributed by atoms with Gasteiger partial charge in [0.1, 0.15) is 11.6 Å². The number of rotatable bonds is 3. The van der Waals surface area contributed by atoms with Crippen molar-refractivity contribution in [2.75, 3.05) is 11.9 Å². The number of aromatic nitrogens is 2. The van der Waals surface area contributed by atoms with Crippen LogP contribution in [0, 0.1) is 10.5 Å². The third-order valence-corrected chi connectivity index (χ3v) is 3.52. The van der Waals surface area contributed by atoms with Gasteiger partial charge in [-0.15, -0.1) is 0 Å². The van der Waals surface area contributed by atoms with Crippen LogP contribution in [0.25, 0.3) is 0 Å². The molecule has 0 amide bonds. The van der Waals surface area contributed by atoms with Crippen molar-refractivity contribution in [3.8, 4) is 0 Å². The van der Waals surface area contributed by atoms with E-state index in [4.69, 9.17) is 0 Å². The van der Waals surface area contributed by atoms with Gasteiger partial charge in [-0.2, -0.15) is 0 Å². The molecule has 0 aromatic carbocycles. The molecule has 0 aliphatic carbocycles.